The fourth-order valence-corrected chi connectivity index (χ4v) is 2.93. The molecule has 0 radical (unpaired) electrons. The Kier molecular flexibility index (Phi) is 4.50. The molecule has 2 rings (SSSR count). The van der Waals surface area contributed by atoms with Crippen LogP contribution in [0.5, 0.6) is 0 Å². The smallest absolute Gasteiger partial charge is 0.315 e. The number of likely N-dealkylation sites (tertiary alicyclic amines) is 1. The number of nitrogens with one attached hydrogen (secondary N) is 1. The maximum Gasteiger partial charge on any atom is 0.394 e. The fraction of sp³-hybridized carbons (Fsp3) is 1.00. The molecule has 2 fully saturated rings. The Morgan fingerprint density at radius 1 is 1.17 bits per heavy atom. The number of hydrogen-bond donors (Lipinski definition) is 1. The first kappa shape index (κ1) is 14.1. The molecule has 0 spiro atoms. The summed E-state index contributed by atoms with van der Waals surface area (Å²) in [7, 11) is 2.05. The quantitative estimate of drug-likeness (QED) is 0.767. The molecule has 6 heteroatoms. The highest BCUT2D eigenvalue weighted by Crippen LogP contribution is 2.28. The van der Waals surface area contributed by atoms with Crippen molar-refractivity contribution in [1.82, 2.24) is 15.1 Å². The summed E-state index contributed by atoms with van der Waals surface area (Å²) >= 11 is 0. The third kappa shape index (κ3) is 3.59. The van der Waals surface area contributed by atoms with Gasteiger partial charge in [-0.25, -0.2) is 0 Å². The molecule has 2 aliphatic heterocycles. The van der Waals surface area contributed by atoms with Crippen LogP contribution in [0.25, 0.3) is 0 Å². The number of rotatable bonds is 1. The molecule has 0 aliphatic carbocycles. The van der Waals surface area contributed by atoms with E-state index in [0.29, 0.717) is 6.54 Å². The molecule has 0 bridgehead atoms. The van der Waals surface area contributed by atoms with Gasteiger partial charge in [0.05, 0.1) is 5.92 Å². The standard InChI is InChI=1S/C12H22F3N3/c1-17-5-2-3-11(9-17)18-6-4-16-7-10(8-18)12(13,14)15/h10-11,16H,2-9H2,1H3. The van der Waals surface area contributed by atoms with Gasteiger partial charge >= 0.3 is 6.18 Å². The van der Waals surface area contributed by atoms with E-state index in [0.717, 1.165) is 32.5 Å². The van der Waals surface area contributed by atoms with Gasteiger partial charge in [-0.1, -0.05) is 0 Å². The van der Waals surface area contributed by atoms with Crippen LogP contribution in [0.2, 0.25) is 0 Å². The Morgan fingerprint density at radius 2 is 1.94 bits per heavy atom. The third-order valence-electron chi connectivity index (χ3n) is 4.00. The van der Waals surface area contributed by atoms with E-state index in [2.05, 4.69) is 10.2 Å². The first-order chi connectivity index (χ1) is 8.47. The lowest BCUT2D eigenvalue weighted by molar-refractivity contribution is -0.177. The van der Waals surface area contributed by atoms with Crippen molar-refractivity contribution in [3.05, 3.63) is 0 Å². The Morgan fingerprint density at radius 3 is 2.61 bits per heavy atom. The van der Waals surface area contributed by atoms with Crippen LogP contribution in [-0.2, 0) is 0 Å². The molecule has 106 valence electrons. The minimum atomic E-state index is -4.09. The van der Waals surface area contributed by atoms with E-state index < -0.39 is 12.1 Å². The summed E-state index contributed by atoms with van der Waals surface area (Å²) in [6.45, 7) is 3.55. The SMILES string of the molecule is CN1CCCC(N2CCNCC(C(F)(F)F)C2)C1. The van der Waals surface area contributed by atoms with Gasteiger partial charge in [0.15, 0.2) is 0 Å². The molecule has 18 heavy (non-hydrogen) atoms. The lowest BCUT2D eigenvalue weighted by atomic mass is 10.0. The van der Waals surface area contributed by atoms with Crippen molar-refractivity contribution in [3.63, 3.8) is 0 Å². The lowest BCUT2D eigenvalue weighted by Crippen LogP contribution is -2.49. The van der Waals surface area contributed by atoms with Gasteiger partial charge < -0.3 is 10.2 Å². The van der Waals surface area contributed by atoms with Gasteiger partial charge in [0, 0.05) is 38.8 Å². The van der Waals surface area contributed by atoms with E-state index in [1.165, 1.54) is 0 Å². The minimum Gasteiger partial charge on any atom is -0.315 e. The summed E-state index contributed by atoms with van der Waals surface area (Å²) < 4.78 is 38.6. The van der Waals surface area contributed by atoms with Gasteiger partial charge in [-0.3, -0.25) is 4.90 Å². The van der Waals surface area contributed by atoms with Crippen molar-refractivity contribution in [1.29, 1.82) is 0 Å². The van der Waals surface area contributed by atoms with Gasteiger partial charge in [-0.2, -0.15) is 13.2 Å². The molecule has 0 aromatic carbocycles. The molecule has 2 unspecified atom stereocenters. The van der Waals surface area contributed by atoms with E-state index >= 15 is 0 Å². The summed E-state index contributed by atoms with van der Waals surface area (Å²) in [5.41, 5.74) is 0. The molecule has 0 aromatic rings. The number of alkyl halides is 3. The number of halogens is 3. The average molecular weight is 265 g/mol. The maximum absolute atomic E-state index is 12.9. The molecule has 2 heterocycles. The molecule has 2 aliphatic rings. The zero-order chi connectivity index (χ0) is 13.2. The number of nitrogens with zero attached hydrogens (tertiary/aromatic N) is 2. The van der Waals surface area contributed by atoms with Crippen LogP contribution in [0.1, 0.15) is 12.8 Å². The first-order valence-corrected chi connectivity index (χ1v) is 6.67. The normalized spacial score (nSPS) is 33.3. The van der Waals surface area contributed by atoms with Crippen LogP contribution in [0.15, 0.2) is 0 Å². The van der Waals surface area contributed by atoms with Crippen LogP contribution in [0, 0.1) is 5.92 Å². The Hall–Kier alpha value is -0.330. The van der Waals surface area contributed by atoms with Gasteiger partial charge in [0.25, 0.3) is 0 Å². The predicted octanol–water partition coefficient (Wildman–Crippen LogP) is 1.16. The zero-order valence-electron chi connectivity index (χ0n) is 10.8. The minimum absolute atomic E-state index is 0.0581. The van der Waals surface area contributed by atoms with Gasteiger partial charge in [0.2, 0.25) is 0 Å². The molecule has 1 N–H and O–H groups in total. The summed E-state index contributed by atoms with van der Waals surface area (Å²) in [5, 5.41) is 2.91. The fourth-order valence-electron chi connectivity index (χ4n) is 2.93. The second-order valence-corrected chi connectivity index (χ2v) is 5.50. The predicted molar refractivity (Wildman–Crippen MR) is 64.5 cm³/mol. The van der Waals surface area contributed by atoms with Crippen LogP contribution < -0.4 is 5.32 Å². The Balaban J connectivity index is 1.98. The van der Waals surface area contributed by atoms with Crippen molar-refractivity contribution < 1.29 is 13.2 Å². The lowest BCUT2D eigenvalue weighted by Gasteiger charge is -2.38. The van der Waals surface area contributed by atoms with Crippen LogP contribution in [0.4, 0.5) is 13.2 Å². The van der Waals surface area contributed by atoms with E-state index in [9.17, 15) is 13.2 Å². The third-order valence-corrected chi connectivity index (χ3v) is 4.00. The number of likely N-dealkylation sites (N-methyl/N-ethyl adjacent to an activating group) is 1. The summed E-state index contributed by atoms with van der Waals surface area (Å²) in [5.74, 6) is -1.23. The topological polar surface area (TPSA) is 18.5 Å². The average Bonchev–Trinajstić information content (AvgIpc) is 2.53. The number of hydrogen-bond acceptors (Lipinski definition) is 3. The second kappa shape index (κ2) is 5.75. The van der Waals surface area contributed by atoms with Crippen molar-refractivity contribution in [2.75, 3.05) is 46.3 Å². The second-order valence-electron chi connectivity index (χ2n) is 5.50. The Labute approximate surface area is 106 Å². The molecule has 0 aromatic heterocycles. The molecule has 3 nitrogen and oxygen atoms in total. The first-order valence-electron chi connectivity index (χ1n) is 6.67. The summed E-state index contributed by atoms with van der Waals surface area (Å²) in [6.07, 6.45) is -1.98. The maximum atomic E-state index is 12.9. The van der Waals surface area contributed by atoms with Crippen molar-refractivity contribution in [2.45, 2.75) is 25.1 Å². The highest BCUT2D eigenvalue weighted by molar-refractivity contribution is 4.85. The van der Waals surface area contributed by atoms with Crippen molar-refractivity contribution in [3.8, 4) is 0 Å². The monoisotopic (exact) mass is 265 g/mol. The van der Waals surface area contributed by atoms with Crippen LogP contribution in [0.3, 0.4) is 0 Å². The van der Waals surface area contributed by atoms with Crippen molar-refractivity contribution in [2.24, 2.45) is 5.92 Å². The zero-order valence-corrected chi connectivity index (χ0v) is 10.8. The molecule has 2 saturated heterocycles. The molecule has 2 atom stereocenters. The summed E-state index contributed by atoms with van der Waals surface area (Å²) in [4.78, 5) is 4.25. The van der Waals surface area contributed by atoms with E-state index in [1.807, 2.05) is 11.9 Å². The summed E-state index contributed by atoms with van der Waals surface area (Å²) in [6, 6.07) is 0.286. The van der Waals surface area contributed by atoms with E-state index in [1.54, 1.807) is 0 Å². The molecular weight excluding hydrogens is 243 g/mol. The molecule has 0 amide bonds. The van der Waals surface area contributed by atoms with Gasteiger partial charge in [-0.05, 0) is 26.4 Å². The van der Waals surface area contributed by atoms with Gasteiger partial charge in [0.1, 0.15) is 0 Å². The van der Waals surface area contributed by atoms with Crippen LogP contribution in [-0.4, -0.2) is 68.3 Å². The van der Waals surface area contributed by atoms with Gasteiger partial charge in [-0.15, -0.1) is 0 Å². The Bertz CT molecular complexity index is 270. The van der Waals surface area contributed by atoms with E-state index in [-0.39, 0.29) is 19.1 Å². The molecular formula is C12H22F3N3. The van der Waals surface area contributed by atoms with Crippen LogP contribution >= 0.6 is 0 Å². The van der Waals surface area contributed by atoms with Crippen molar-refractivity contribution >= 4 is 0 Å². The largest absolute Gasteiger partial charge is 0.394 e. The number of piperidine rings is 1. The van der Waals surface area contributed by atoms with E-state index in [4.69, 9.17) is 0 Å². The highest BCUT2D eigenvalue weighted by Gasteiger charge is 2.42. The molecule has 0 saturated carbocycles. The highest BCUT2D eigenvalue weighted by atomic mass is 19.4.